The molecular weight excluding hydrogens is 276 g/mol. The fourth-order valence-corrected chi connectivity index (χ4v) is 2.33. The van der Waals surface area contributed by atoms with E-state index in [4.69, 9.17) is 11.6 Å². The van der Waals surface area contributed by atoms with Crippen molar-refractivity contribution >= 4 is 28.2 Å². The van der Waals surface area contributed by atoms with Crippen LogP contribution in [0, 0.1) is 0 Å². The third-order valence-electron chi connectivity index (χ3n) is 3.18. The Bertz CT molecular complexity index is 793. The minimum Gasteiger partial charge on any atom is -0.382 e. The summed E-state index contributed by atoms with van der Waals surface area (Å²) in [6.07, 6.45) is 4.34. The largest absolute Gasteiger partial charge is 0.382 e. The molecular formula is C14H13ClN4O. The molecule has 0 aliphatic rings. The quantitative estimate of drug-likeness (QED) is 0.691. The van der Waals surface area contributed by atoms with E-state index in [-0.39, 0.29) is 10.6 Å². The Morgan fingerprint density at radius 3 is 3.05 bits per heavy atom. The van der Waals surface area contributed by atoms with E-state index < -0.39 is 0 Å². The van der Waals surface area contributed by atoms with E-state index in [9.17, 15) is 4.79 Å². The molecule has 0 aliphatic heterocycles. The summed E-state index contributed by atoms with van der Waals surface area (Å²) < 4.78 is 0. The minimum atomic E-state index is -0.385. The number of halogens is 1. The molecule has 0 unspecified atom stereocenters. The first-order chi connectivity index (χ1) is 9.75. The van der Waals surface area contributed by atoms with Gasteiger partial charge in [0, 0.05) is 23.6 Å². The lowest BCUT2D eigenvalue weighted by molar-refractivity contribution is 0.971. The summed E-state index contributed by atoms with van der Waals surface area (Å²) in [6.45, 7) is 0.673. The van der Waals surface area contributed by atoms with Gasteiger partial charge in [0.1, 0.15) is 5.02 Å². The van der Waals surface area contributed by atoms with Crippen LogP contribution in [0.3, 0.4) is 0 Å². The maximum absolute atomic E-state index is 11.3. The molecule has 6 heteroatoms. The van der Waals surface area contributed by atoms with Crippen LogP contribution in [0.15, 0.2) is 41.5 Å². The van der Waals surface area contributed by atoms with Crippen molar-refractivity contribution in [1.82, 2.24) is 15.2 Å². The molecule has 0 saturated carbocycles. The number of nitrogens with zero attached hydrogens (tertiary/aromatic N) is 1. The number of nitrogens with one attached hydrogen (secondary N) is 3. The number of aromatic nitrogens is 3. The van der Waals surface area contributed by atoms with Crippen LogP contribution in [0.2, 0.25) is 5.02 Å². The number of hydrogen-bond donors (Lipinski definition) is 3. The van der Waals surface area contributed by atoms with Gasteiger partial charge in [-0.15, -0.1) is 0 Å². The van der Waals surface area contributed by atoms with Gasteiger partial charge in [0.2, 0.25) is 0 Å². The molecule has 0 spiro atoms. The van der Waals surface area contributed by atoms with Crippen LogP contribution in [0.1, 0.15) is 5.56 Å². The van der Waals surface area contributed by atoms with Crippen molar-refractivity contribution in [2.24, 2.45) is 0 Å². The van der Waals surface area contributed by atoms with Crippen molar-refractivity contribution < 1.29 is 0 Å². The highest BCUT2D eigenvalue weighted by molar-refractivity contribution is 6.32. The maximum Gasteiger partial charge on any atom is 0.285 e. The molecule has 3 rings (SSSR count). The Morgan fingerprint density at radius 2 is 2.15 bits per heavy atom. The molecule has 1 aromatic carbocycles. The third-order valence-corrected chi connectivity index (χ3v) is 3.56. The topological polar surface area (TPSA) is 73.6 Å². The number of para-hydroxylation sites is 1. The van der Waals surface area contributed by atoms with Gasteiger partial charge in [-0.3, -0.25) is 4.79 Å². The Morgan fingerprint density at radius 1 is 1.30 bits per heavy atom. The summed E-state index contributed by atoms with van der Waals surface area (Å²) in [4.78, 5) is 14.5. The molecule has 0 bridgehead atoms. The molecule has 0 fully saturated rings. The second-order valence-electron chi connectivity index (χ2n) is 4.46. The van der Waals surface area contributed by atoms with E-state index in [1.54, 1.807) is 0 Å². The molecule has 0 amide bonds. The van der Waals surface area contributed by atoms with Gasteiger partial charge >= 0.3 is 0 Å². The number of benzene rings is 1. The normalized spacial score (nSPS) is 10.8. The van der Waals surface area contributed by atoms with Crippen molar-refractivity contribution in [1.29, 1.82) is 0 Å². The summed E-state index contributed by atoms with van der Waals surface area (Å²) in [5.74, 6) is 0. The SMILES string of the molecule is O=c1[nH]ncc(NCCc2c[nH]c3ccccc23)c1Cl. The molecule has 20 heavy (non-hydrogen) atoms. The van der Waals surface area contributed by atoms with E-state index in [2.05, 4.69) is 26.6 Å². The van der Waals surface area contributed by atoms with Crippen molar-refractivity contribution in [3.63, 3.8) is 0 Å². The maximum atomic E-state index is 11.3. The Balaban J connectivity index is 1.71. The smallest absolute Gasteiger partial charge is 0.285 e. The first kappa shape index (κ1) is 12.7. The zero-order valence-electron chi connectivity index (χ0n) is 10.6. The number of anilines is 1. The van der Waals surface area contributed by atoms with Gasteiger partial charge in [0.15, 0.2) is 0 Å². The lowest BCUT2D eigenvalue weighted by atomic mass is 10.1. The molecule has 0 saturated heterocycles. The zero-order valence-corrected chi connectivity index (χ0v) is 11.4. The fourth-order valence-electron chi connectivity index (χ4n) is 2.18. The molecule has 3 N–H and O–H groups in total. The molecule has 0 aliphatic carbocycles. The third kappa shape index (κ3) is 2.40. The minimum absolute atomic E-state index is 0.138. The van der Waals surface area contributed by atoms with E-state index in [0.29, 0.717) is 12.2 Å². The second kappa shape index (κ2) is 5.38. The molecule has 102 valence electrons. The molecule has 2 heterocycles. The summed E-state index contributed by atoms with van der Waals surface area (Å²) in [5, 5.41) is 10.5. The van der Waals surface area contributed by atoms with Crippen LogP contribution in [-0.2, 0) is 6.42 Å². The highest BCUT2D eigenvalue weighted by Gasteiger charge is 2.05. The summed E-state index contributed by atoms with van der Waals surface area (Å²) in [5.41, 5.74) is 2.51. The van der Waals surface area contributed by atoms with E-state index in [1.165, 1.54) is 17.1 Å². The van der Waals surface area contributed by atoms with Crippen LogP contribution in [0.4, 0.5) is 5.69 Å². The average Bonchev–Trinajstić information content (AvgIpc) is 2.87. The molecule has 5 nitrogen and oxygen atoms in total. The number of aromatic amines is 2. The summed E-state index contributed by atoms with van der Waals surface area (Å²) >= 11 is 5.90. The monoisotopic (exact) mass is 288 g/mol. The summed E-state index contributed by atoms with van der Waals surface area (Å²) in [7, 11) is 0. The zero-order chi connectivity index (χ0) is 13.9. The predicted molar refractivity (Wildman–Crippen MR) is 80.4 cm³/mol. The highest BCUT2D eigenvalue weighted by atomic mass is 35.5. The van der Waals surface area contributed by atoms with E-state index in [0.717, 1.165) is 11.9 Å². The van der Waals surface area contributed by atoms with Crippen molar-refractivity contribution in [3.05, 3.63) is 57.6 Å². The fraction of sp³-hybridized carbons (Fsp3) is 0.143. The van der Waals surface area contributed by atoms with Crippen molar-refractivity contribution in [3.8, 4) is 0 Å². The van der Waals surface area contributed by atoms with Crippen LogP contribution in [-0.4, -0.2) is 21.7 Å². The van der Waals surface area contributed by atoms with Gasteiger partial charge in [-0.05, 0) is 18.1 Å². The van der Waals surface area contributed by atoms with Gasteiger partial charge < -0.3 is 10.3 Å². The highest BCUT2D eigenvalue weighted by Crippen LogP contribution is 2.19. The van der Waals surface area contributed by atoms with Gasteiger partial charge in [-0.25, -0.2) is 5.10 Å². The molecule has 0 radical (unpaired) electrons. The Labute approximate surface area is 120 Å². The van der Waals surface area contributed by atoms with Crippen molar-refractivity contribution in [2.45, 2.75) is 6.42 Å². The van der Waals surface area contributed by atoms with E-state index in [1.807, 2.05) is 24.4 Å². The molecule has 2 aromatic heterocycles. The van der Waals surface area contributed by atoms with Gasteiger partial charge in [-0.1, -0.05) is 29.8 Å². The lowest BCUT2D eigenvalue weighted by Gasteiger charge is -2.06. The summed E-state index contributed by atoms with van der Waals surface area (Å²) in [6, 6.07) is 8.15. The first-order valence-corrected chi connectivity index (χ1v) is 6.65. The number of fused-ring (bicyclic) bond motifs is 1. The second-order valence-corrected chi connectivity index (χ2v) is 4.84. The van der Waals surface area contributed by atoms with Gasteiger partial charge in [-0.2, -0.15) is 5.10 Å². The molecule has 0 atom stereocenters. The lowest BCUT2D eigenvalue weighted by Crippen LogP contribution is -2.13. The Hall–Kier alpha value is -2.27. The Kier molecular flexibility index (Phi) is 3.43. The van der Waals surface area contributed by atoms with Crippen LogP contribution < -0.4 is 10.9 Å². The van der Waals surface area contributed by atoms with Crippen LogP contribution >= 0.6 is 11.6 Å². The van der Waals surface area contributed by atoms with E-state index >= 15 is 0 Å². The average molecular weight is 289 g/mol. The standard InChI is InChI=1S/C14H13ClN4O/c15-13-12(8-18-19-14(13)20)16-6-5-9-7-17-11-4-2-1-3-10(9)11/h1-4,7-8,17H,5-6H2,(H2,16,19,20). The number of H-pyrrole nitrogens is 2. The van der Waals surface area contributed by atoms with Crippen LogP contribution in [0.5, 0.6) is 0 Å². The van der Waals surface area contributed by atoms with Crippen LogP contribution in [0.25, 0.3) is 10.9 Å². The number of rotatable bonds is 4. The number of hydrogen-bond acceptors (Lipinski definition) is 3. The van der Waals surface area contributed by atoms with Crippen molar-refractivity contribution in [2.75, 3.05) is 11.9 Å². The van der Waals surface area contributed by atoms with Gasteiger partial charge in [0.05, 0.1) is 11.9 Å². The first-order valence-electron chi connectivity index (χ1n) is 6.28. The predicted octanol–water partition coefficient (Wildman–Crippen LogP) is 2.56. The molecule has 3 aromatic rings. The van der Waals surface area contributed by atoms with Gasteiger partial charge in [0.25, 0.3) is 5.56 Å².